The molecule has 2 aromatic rings. The maximum atomic E-state index is 13.9. The smallest absolute Gasteiger partial charge is 0.293 e. The second-order valence-electron chi connectivity index (χ2n) is 7.21. The van der Waals surface area contributed by atoms with Gasteiger partial charge in [-0.05, 0) is 41.6 Å². The molecule has 0 N–H and O–H groups in total. The topological polar surface area (TPSA) is 76.2 Å². The van der Waals surface area contributed by atoms with Crippen molar-refractivity contribution in [2.24, 2.45) is 0 Å². The number of halogens is 1. The summed E-state index contributed by atoms with van der Waals surface area (Å²) < 4.78 is 24.7. The van der Waals surface area contributed by atoms with Crippen LogP contribution < -0.4 is 4.74 Å². The Morgan fingerprint density at radius 1 is 1.09 bits per heavy atom. The van der Waals surface area contributed by atoms with E-state index >= 15 is 0 Å². The predicted molar refractivity (Wildman–Crippen MR) is 117 cm³/mol. The van der Waals surface area contributed by atoms with Crippen LogP contribution in [0.15, 0.2) is 53.4 Å². The van der Waals surface area contributed by atoms with E-state index in [9.17, 15) is 18.8 Å². The lowest BCUT2D eigenvalue weighted by atomic mass is 10.2. The van der Waals surface area contributed by atoms with Crippen molar-refractivity contribution in [1.29, 1.82) is 0 Å². The molecule has 2 saturated heterocycles. The zero-order valence-corrected chi connectivity index (χ0v) is 18.0. The van der Waals surface area contributed by atoms with Gasteiger partial charge in [0.25, 0.3) is 17.1 Å². The fourth-order valence-corrected chi connectivity index (χ4v) is 4.13. The van der Waals surface area contributed by atoms with Gasteiger partial charge >= 0.3 is 0 Å². The molecular weight excluding hydrogens is 435 g/mol. The van der Waals surface area contributed by atoms with E-state index in [-0.39, 0.29) is 29.5 Å². The van der Waals surface area contributed by atoms with Gasteiger partial charge in [-0.3, -0.25) is 19.3 Å². The number of hydrogen-bond acceptors (Lipinski definition) is 6. The van der Waals surface area contributed by atoms with Gasteiger partial charge in [0.2, 0.25) is 0 Å². The molecule has 2 aromatic carbocycles. The molecule has 4 rings (SSSR count). The molecule has 0 bridgehead atoms. The Kier molecular flexibility index (Phi) is 6.87. The molecule has 166 valence electrons. The second-order valence-corrected chi connectivity index (χ2v) is 8.20. The lowest BCUT2D eigenvalue weighted by molar-refractivity contribution is -0.137. The fourth-order valence-electron chi connectivity index (χ4n) is 3.29. The zero-order chi connectivity index (χ0) is 22.5. The third-order valence-electron chi connectivity index (χ3n) is 5.06. The Morgan fingerprint density at radius 2 is 1.81 bits per heavy atom. The van der Waals surface area contributed by atoms with E-state index < -0.39 is 17.0 Å². The lowest BCUT2D eigenvalue weighted by Crippen LogP contribution is -2.42. The molecule has 3 amide bonds. The second kappa shape index (κ2) is 9.97. The van der Waals surface area contributed by atoms with Crippen LogP contribution in [0.3, 0.4) is 0 Å². The predicted octanol–water partition coefficient (Wildman–Crippen LogP) is 3.30. The molecule has 2 aliphatic rings. The number of hydrogen-bond donors (Lipinski definition) is 0. The molecular formula is C23H21FN2O5S. The summed E-state index contributed by atoms with van der Waals surface area (Å²) >= 11 is 0.820. The van der Waals surface area contributed by atoms with E-state index in [1.807, 2.05) is 0 Å². The molecule has 0 aliphatic carbocycles. The first-order valence-corrected chi connectivity index (χ1v) is 10.9. The zero-order valence-electron chi connectivity index (χ0n) is 17.2. The first-order chi connectivity index (χ1) is 15.5. The van der Waals surface area contributed by atoms with E-state index in [1.54, 1.807) is 53.4 Å². The maximum absolute atomic E-state index is 13.9. The highest BCUT2D eigenvalue weighted by Gasteiger charge is 2.35. The highest BCUT2D eigenvalue weighted by atomic mass is 32.2. The van der Waals surface area contributed by atoms with E-state index in [1.165, 1.54) is 6.07 Å². The number of nitrogens with zero attached hydrogens (tertiary/aromatic N) is 2. The summed E-state index contributed by atoms with van der Waals surface area (Å²) in [6.45, 7) is 2.02. The SMILES string of the molecule is O=C(COc1ccc(/C=C2/SC(=O)N(Cc3ccccc3F)C2=O)cc1)N1CCOCC1. The van der Waals surface area contributed by atoms with Gasteiger partial charge in [-0.25, -0.2) is 4.39 Å². The fraction of sp³-hybridized carbons (Fsp3) is 0.261. The maximum Gasteiger partial charge on any atom is 0.293 e. The molecule has 0 atom stereocenters. The average molecular weight is 456 g/mol. The van der Waals surface area contributed by atoms with Crippen molar-refractivity contribution >= 4 is 34.9 Å². The molecule has 32 heavy (non-hydrogen) atoms. The van der Waals surface area contributed by atoms with Gasteiger partial charge in [0.15, 0.2) is 6.61 Å². The number of carbonyl (C=O) groups excluding carboxylic acids is 3. The number of rotatable bonds is 6. The van der Waals surface area contributed by atoms with E-state index in [2.05, 4.69) is 0 Å². The van der Waals surface area contributed by atoms with Gasteiger partial charge in [-0.1, -0.05) is 30.3 Å². The Labute approximate surface area is 188 Å². The molecule has 0 aromatic heterocycles. The molecule has 2 heterocycles. The van der Waals surface area contributed by atoms with Gasteiger partial charge in [-0.15, -0.1) is 0 Å². The Bertz CT molecular complexity index is 1050. The molecule has 0 radical (unpaired) electrons. The van der Waals surface area contributed by atoms with Crippen LogP contribution in [0, 0.1) is 5.82 Å². The van der Waals surface area contributed by atoms with E-state index in [4.69, 9.17) is 9.47 Å². The number of imide groups is 1. The van der Waals surface area contributed by atoms with Gasteiger partial charge in [0.05, 0.1) is 24.7 Å². The number of amides is 3. The standard InChI is InChI=1S/C23H21FN2O5S/c24-19-4-2-1-3-17(19)14-26-22(28)20(32-23(26)29)13-16-5-7-18(8-6-16)31-15-21(27)25-9-11-30-12-10-25/h1-8,13H,9-12,14-15H2/b20-13+. The van der Waals surface area contributed by atoms with Gasteiger partial charge in [-0.2, -0.15) is 0 Å². The molecule has 2 fully saturated rings. The number of morpholine rings is 1. The van der Waals surface area contributed by atoms with Crippen molar-refractivity contribution in [1.82, 2.24) is 9.80 Å². The summed E-state index contributed by atoms with van der Waals surface area (Å²) in [6.07, 6.45) is 1.61. The van der Waals surface area contributed by atoms with Crippen LogP contribution in [0.25, 0.3) is 6.08 Å². The molecule has 0 spiro atoms. The molecule has 0 saturated carbocycles. The summed E-state index contributed by atoms with van der Waals surface area (Å²) in [6, 6.07) is 12.9. The van der Waals surface area contributed by atoms with Crippen molar-refractivity contribution in [2.75, 3.05) is 32.9 Å². The van der Waals surface area contributed by atoms with E-state index in [0.717, 1.165) is 16.7 Å². The van der Waals surface area contributed by atoms with E-state index in [0.29, 0.717) is 37.6 Å². The highest BCUT2D eigenvalue weighted by Crippen LogP contribution is 2.33. The minimum Gasteiger partial charge on any atom is -0.484 e. The first-order valence-electron chi connectivity index (χ1n) is 10.1. The Balaban J connectivity index is 1.36. The number of thioether (sulfide) groups is 1. The quantitative estimate of drug-likeness (QED) is 0.621. The lowest BCUT2D eigenvalue weighted by Gasteiger charge is -2.26. The van der Waals surface area contributed by atoms with Crippen molar-refractivity contribution in [3.8, 4) is 5.75 Å². The van der Waals surface area contributed by atoms with Crippen molar-refractivity contribution in [3.63, 3.8) is 0 Å². The van der Waals surface area contributed by atoms with Gasteiger partial charge in [0, 0.05) is 18.7 Å². The van der Waals surface area contributed by atoms with Crippen molar-refractivity contribution in [3.05, 3.63) is 70.4 Å². The summed E-state index contributed by atoms with van der Waals surface area (Å²) in [5.41, 5.74) is 0.984. The minimum atomic E-state index is -0.460. The summed E-state index contributed by atoms with van der Waals surface area (Å²) in [4.78, 5) is 40.1. The van der Waals surface area contributed by atoms with Gasteiger partial charge < -0.3 is 14.4 Å². The molecule has 2 aliphatic heterocycles. The first kappa shape index (κ1) is 22.0. The highest BCUT2D eigenvalue weighted by molar-refractivity contribution is 8.18. The number of carbonyl (C=O) groups is 3. The molecule has 0 unspecified atom stereocenters. The monoisotopic (exact) mass is 456 g/mol. The third-order valence-corrected chi connectivity index (χ3v) is 5.97. The van der Waals surface area contributed by atoms with Crippen LogP contribution in [0.5, 0.6) is 5.75 Å². The Hall–Kier alpha value is -3.17. The van der Waals surface area contributed by atoms with Crippen LogP contribution in [-0.2, 0) is 20.9 Å². The minimum absolute atomic E-state index is 0.0612. The number of ether oxygens (including phenoxy) is 2. The Morgan fingerprint density at radius 3 is 2.53 bits per heavy atom. The summed E-state index contributed by atoms with van der Waals surface area (Å²) in [7, 11) is 0. The van der Waals surface area contributed by atoms with Crippen LogP contribution in [0.2, 0.25) is 0 Å². The average Bonchev–Trinajstić information content (AvgIpc) is 3.07. The van der Waals surface area contributed by atoms with Crippen LogP contribution >= 0.6 is 11.8 Å². The van der Waals surface area contributed by atoms with Crippen molar-refractivity contribution in [2.45, 2.75) is 6.54 Å². The molecule has 9 heteroatoms. The summed E-state index contributed by atoms with van der Waals surface area (Å²) in [5, 5.41) is -0.439. The third kappa shape index (κ3) is 5.17. The summed E-state index contributed by atoms with van der Waals surface area (Å²) in [5.74, 6) is -0.491. The van der Waals surface area contributed by atoms with Crippen LogP contribution in [0.4, 0.5) is 9.18 Å². The van der Waals surface area contributed by atoms with Gasteiger partial charge in [0.1, 0.15) is 11.6 Å². The van der Waals surface area contributed by atoms with Crippen LogP contribution in [-0.4, -0.2) is 59.8 Å². The largest absolute Gasteiger partial charge is 0.484 e. The molecule has 7 nitrogen and oxygen atoms in total. The normalized spacial score (nSPS) is 17.8. The van der Waals surface area contributed by atoms with Crippen LogP contribution in [0.1, 0.15) is 11.1 Å². The number of benzene rings is 2. The van der Waals surface area contributed by atoms with Crippen molar-refractivity contribution < 1.29 is 28.2 Å².